The molecule has 0 spiro atoms. The molecule has 19 heavy (non-hydrogen) atoms. The van der Waals surface area contributed by atoms with Crippen LogP contribution in [0.5, 0.6) is 5.75 Å². The van der Waals surface area contributed by atoms with Crippen molar-refractivity contribution in [2.45, 2.75) is 32.8 Å². The lowest BCUT2D eigenvalue weighted by Crippen LogP contribution is -1.98. The first-order chi connectivity index (χ1) is 9.35. The van der Waals surface area contributed by atoms with E-state index in [1.165, 1.54) is 12.8 Å². The van der Waals surface area contributed by atoms with Crippen LogP contribution >= 0.6 is 0 Å². The summed E-state index contributed by atoms with van der Waals surface area (Å²) in [6, 6.07) is 9.69. The van der Waals surface area contributed by atoms with Crippen molar-refractivity contribution in [3.8, 4) is 17.0 Å². The Kier molecular flexibility index (Phi) is 4.98. The standard InChI is InChI=1S/C15H20N2O2/c1-2-3-6-9-19-15-8-5-4-7-13(15)14-10-12(11-18)16-17-14/h4-5,7-8,10,18H,2-3,6,9,11H2,1H3,(H,16,17). The molecule has 0 unspecified atom stereocenters. The van der Waals surface area contributed by atoms with Gasteiger partial charge in [0, 0.05) is 5.56 Å². The van der Waals surface area contributed by atoms with Crippen LogP contribution in [0.2, 0.25) is 0 Å². The molecule has 0 saturated heterocycles. The number of aromatic amines is 1. The van der Waals surface area contributed by atoms with Crippen molar-refractivity contribution in [3.63, 3.8) is 0 Å². The van der Waals surface area contributed by atoms with E-state index in [1.54, 1.807) is 0 Å². The summed E-state index contributed by atoms with van der Waals surface area (Å²) < 4.78 is 5.82. The van der Waals surface area contributed by atoms with Crippen LogP contribution in [0.1, 0.15) is 31.9 Å². The minimum Gasteiger partial charge on any atom is -0.493 e. The Hall–Kier alpha value is -1.81. The Balaban J connectivity index is 2.11. The number of aliphatic hydroxyl groups excluding tert-OH is 1. The van der Waals surface area contributed by atoms with E-state index in [2.05, 4.69) is 17.1 Å². The molecular weight excluding hydrogens is 240 g/mol. The van der Waals surface area contributed by atoms with Crippen LogP contribution in [0.3, 0.4) is 0 Å². The summed E-state index contributed by atoms with van der Waals surface area (Å²) in [7, 11) is 0. The topological polar surface area (TPSA) is 58.1 Å². The molecule has 0 saturated carbocycles. The highest BCUT2D eigenvalue weighted by atomic mass is 16.5. The Bertz CT molecular complexity index is 508. The Morgan fingerprint density at radius 2 is 2.11 bits per heavy atom. The van der Waals surface area contributed by atoms with E-state index in [4.69, 9.17) is 9.84 Å². The number of ether oxygens (including phenoxy) is 1. The summed E-state index contributed by atoms with van der Waals surface area (Å²) in [5, 5.41) is 16.1. The number of para-hydroxylation sites is 1. The number of benzene rings is 1. The van der Waals surface area contributed by atoms with Gasteiger partial charge in [-0.05, 0) is 24.6 Å². The average Bonchev–Trinajstić information content (AvgIpc) is 2.93. The fourth-order valence-corrected chi connectivity index (χ4v) is 1.92. The Labute approximate surface area is 113 Å². The third kappa shape index (κ3) is 3.58. The van der Waals surface area contributed by atoms with Crippen molar-refractivity contribution in [1.82, 2.24) is 10.2 Å². The fraction of sp³-hybridized carbons (Fsp3) is 0.400. The zero-order chi connectivity index (χ0) is 13.5. The number of unbranched alkanes of at least 4 members (excludes halogenated alkanes) is 2. The molecule has 1 aromatic carbocycles. The quantitative estimate of drug-likeness (QED) is 0.752. The van der Waals surface area contributed by atoms with Gasteiger partial charge in [0.15, 0.2) is 0 Å². The zero-order valence-corrected chi connectivity index (χ0v) is 11.2. The number of H-pyrrole nitrogens is 1. The maximum Gasteiger partial charge on any atom is 0.128 e. The predicted octanol–water partition coefficient (Wildman–Crippen LogP) is 3.14. The van der Waals surface area contributed by atoms with E-state index < -0.39 is 0 Å². The molecule has 2 aromatic rings. The Morgan fingerprint density at radius 3 is 2.84 bits per heavy atom. The van der Waals surface area contributed by atoms with Gasteiger partial charge in [-0.25, -0.2) is 0 Å². The molecule has 0 amide bonds. The highest BCUT2D eigenvalue weighted by Gasteiger charge is 2.09. The Morgan fingerprint density at radius 1 is 1.26 bits per heavy atom. The van der Waals surface area contributed by atoms with Gasteiger partial charge in [0.2, 0.25) is 0 Å². The summed E-state index contributed by atoms with van der Waals surface area (Å²) in [6.07, 6.45) is 3.43. The van der Waals surface area contributed by atoms with Gasteiger partial charge < -0.3 is 9.84 Å². The summed E-state index contributed by atoms with van der Waals surface area (Å²) in [4.78, 5) is 0. The van der Waals surface area contributed by atoms with E-state index in [9.17, 15) is 0 Å². The molecule has 0 fully saturated rings. The number of rotatable bonds is 7. The largest absolute Gasteiger partial charge is 0.493 e. The molecule has 2 N–H and O–H groups in total. The van der Waals surface area contributed by atoms with E-state index in [0.29, 0.717) is 5.69 Å². The zero-order valence-electron chi connectivity index (χ0n) is 11.2. The number of nitrogens with zero attached hydrogens (tertiary/aromatic N) is 1. The molecule has 4 heteroatoms. The van der Waals surface area contributed by atoms with Crippen molar-refractivity contribution in [2.75, 3.05) is 6.61 Å². The van der Waals surface area contributed by atoms with Crippen molar-refractivity contribution in [3.05, 3.63) is 36.0 Å². The van der Waals surface area contributed by atoms with Crippen LogP contribution in [0.4, 0.5) is 0 Å². The lowest BCUT2D eigenvalue weighted by molar-refractivity contribution is 0.276. The third-order valence-corrected chi connectivity index (χ3v) is 2.97. The first-order valence-corrected chi connectivity index (χ1v) is 6.72. The van der Waals surface area contributed by atoms with E-state index in [0.717, 1.165) is 30.0 Å². The first kappa shape index (κ1) is 13.6. The predicted molar refractivity (Wildman–Crippen MR) is 75.0 cm³/mol. The molecule has 2 rings (SSSR count). The van der Waals surface area contributed by atoms with Gasteiger partial charge in [-0.3, -0.25) is 5.10 Å². The molecule has 0 radical (unpaired) electrons. The summed E-state index contributed by atoms with van der Waals surface area (Å²) >= 11 is 0. The lowest BCUT2D eigenvalue weighted by Gasteiger charge is -2.09. The second-order valence-electron chi connectivity index (χ2n) is 4.49. The normalized spacial score (nSPS) is 10.6. The number of aromatic nitrogens is 2. The van der Waals surface area contributed by atoms with Gasteiger partial charge in [0.1, 0.15) is 5.75 Å². The first-order valence-electron chi connectivity index (χ1n) is 6.72. The van der Waals surface area contributed by atoms with Gasteiger partial charge in [-0.15, -0.1) is 0 Å². The van der Waals surface area contributed by atoms with Crippen LogP contribution in [0.25, 0.3) is 11.3 Å². The molecule has 0 atom stereocenters. The van der Waals surface area contributed by atoms with Crippen LogP contribution in [-0.4, -0.2) is 21.9 Å². The summed E-state index contributed by atoms with van der Waals surface area (Å²) in [5.74, 6) is 0.842. The minimum absolute atomic E-state index is 0.0352. The highest BCUT2D eigenvalue weighted by Crippen LogP contribution is 2.28. The third-order valence-electron chi connectivity index (χ3n) is 2.97. The highest BCUT2D eigenvalue weighted by molar-refractivity contribution is 5.67. The van der Waals surface area contributed by atoms with Crippen molar-refractivity contribution in [1.29, 1.82) is 0 Å². The number of hydrogen-bond donors (Lipinski definition) is 2. The summed E-state index contributed by atoms with van der Waals surface area (Å²) in [5.41, 5.74) is 2.46. The van der Waals surface area contributed by atoms with Crippen LogP contribution in [0, 0.1) is 0 Å². The number of aliphatic hydroxyl groups is 1. The molecular formula is C15H20N2O2. The number of hydrogen-bond acceptors (Lipinski definition) is 3. The fourth-order valence-electron chi connectivity index (χ4n) is 1.92. The molecule has 1 heterocycles. The average molecular weight is 260 g/mol. The van der Waals surface area contributed by atoms with Gasteiger partial charge in [0.25, 0.3) is 0 Å². The SMILES string of the molecule is CCCCCOc1ccccc1-c1cc(CO)[nH]n1. The lowest BCUT2D eigenvalue weighted by atomic mass is 10.1. The van der Waals surface area contributed by atoms with Crippen molar-refractivity contribution in [2.24, 2.45) is 0 Å². The number of nitrogens with one attached hydrogen (secondary N) is 1. The van der Waals surface area contributed by atoms with E-state index >= 15 is 0 Å². The second kappa shape index (κ2) is 6.95. The molecule has 0 aliphatic heterocycles. The molecule has 0 bridgehead atoms. The minimum atomic E-state index is -0.0352. The van der Waals surface area contributed by atoms with Crippen LogP contribution < -0.4 is 4.74 Å². The van der Waals surface area contributed by atoms with Crippen molar-refractivity contribution < 1.29 is 9.84 Å². The van der Waals surface area contributed by atoms with E-state index in [1.807, 2.05) is 30.3 Å². The van der Waals surface area contributed by atoms with E-state index in [-0.39, 0.29) is 6.61 Å². The molecule has 102 valence electrons. The monoisotopic (exact) mass is 260 g/mol. The molecule has 0 aliphatic rings. The van der Waals surface area contributed by atoms with Crippen molar-refractivity contribution >= 4 is 0 Å². The van der Waals surface area contributed by atoms with Gasteiger partial charge in [0.05, 0.1) is 24.6 Å². The molecule has 4 nitrogen and oxygen atoms in total. The maximum absolute atomic E-state index is 9.07. The molecule has 0 aliphatic carbocycles. The van der Waals surface area contributed by atoms with Gasteiger partial charge >= 0.3 is 0 Å². The van der Waals surface area contributed by atoms with Gasteiger partial charge in [-0.2, -0.15) is 5.10 Å². The molecule has 1 aromatic heterocycles. The van der Waals surface area contributed by atoms with Crippen LogP contribution in [-0.2, 0) is 6.61 Å². The smallest absolute Gasteiger partial charge is 0.128 e. The summed E-state index contributed by atoms with van der Waals surface area (Å²) in [6.45, 7) is 2.86. The second-order valence-corrected chi connectivity index (χ2v) is 4.49. The maximum atomic E-state index is 9.07. The van der Waals surface area contributed by atoms with Gasteiger partial charge in [-0.1, -0.05) is 31.9 Å². The van der Waals surface area contributed by atoms with Crippen LogP contribution in [0.15, 0.2) is 30.3 Å².